The molecule has 0 radical (unpaired) electrons. The average Bonchev–Trinajstić information content (AvgIpc) is 2.92. The SMILES string of the molecule is CC(C)C1(N)C[C@H]2CC1C1C3CCC(C3)[C@H]12. The summed E-state index contributed by atoms with van der Waals surface area (Å²) in [6.07, 6.45) is 7.48. The van der Waals surface area contributed by atoms with Crippen LogP contribution in [-0.4, -0.2) is 5.54 Å². The van der Waals surface area contributed by atoms with E-state index in [9.17, 15) is 0 Å². The zero-order valence-electron chi connectivity index (χ0n) is 10.7. The molecule has 0 aromatic rings. The summed E-state index contributed by atoms with van der Waals surface area (Å²) in [5.41, 5.74) is 6.98. The highest BCUT2D eigenvalue weighted by molar-refractivity contribution is 5.17. The van der Waals surface area contributed by atoms with Crippen LogP contribution in [0, 0.1) is 41.4 Å². The summed E-state index contributed by atoms with van der Waals surface area (Å²) in [5.74, 6) is 6.93. The summed E-state index contributed by atoms with van der Waals surface area (Å²) in [4.78, 5) is 0. The van der Waals surface area contributed by atoms with Gasteiger partial charge in [-0.05, 0) is 73.5 Å². The first-order valence-electron chi connectivity index (χ1n) is 7.40. The number of nitrogens with two attached hydrogens (primary N) is 1. The second-order valence-electron chi connectivity index (χ2n) is 7.56. The molecular formula is C15H25N. The van der Waals surface area contributed by atoms with Gasteiger partial charge in [-0.3, -0.25) is 0 Å². The molecule has 1 nitrogen and oxygen atoms in total. The van der Waals surface area contributed by atoms with Crippen molar-refractivity contribution in [1.29, 1.82) is 0 Å². The first-order chi connectivity index (χ1) is 7.61. The Morgan fingerprint density at radius 1 is 1.00 bits per heavy atom. The van der Waals surface area contributed by atoms with Crippen molar-refractivity contribution in [1.82, 2.24) is 0 Å². The van der Waals surface area contributed by atoms with Gasteiger partial charge in [-0.1, -0.05) is 13.8 Å². The molecule has 4 saturated carbocycles. The van der Waals surface area contributed by atoms with Crippen molar-refractivity contribution in [2.75, 3.05) is 0 Å². The standard InChI is InChI=1S/C15H25N/c1-8(2)15(16)7-11-6-12(15)14-10-4-3-9(5-10)13(11)14/h8-14H,3-7,16H2,1-2H3/t9?,10?,11-,12?,13+,14?,15?/m1/s1. The molecular weight excluding hydrogens is 194 g/mol. The first kappa shape index (κ1) is 9.94. The van der Waals surface area contributed by atoms with Gasteiger partial charge in [0.2, 0.25) is 0 Å². The molecule has 0 heterocycles. The van der Waals surface area contributed by atoms with Crippen molar-refractivity contribution in [2.45, 2.75) is 51.5 Å². The third-order valence-electron chi connectivity index (χ3n) is 6.99. The highest BCUT2D eigenvalue weighted by Gasteiger charge is 2.66. The van der Waals surface area contributed by atoms with Crippen molar-refractivity contribution in [2.24, 2.45) is 47.2 Å². The second-order valence-corrected chi connectivity index (χ2v) is 7.56. The van der Waals surface area contributed by atoms with Crippen LogP contribution in [0.3, 0.4) is 0 Å². The van der Waals surface area contributed by atoms with E-state index in [2.05, 4.69) is 13.8 Å². The van der Waals surface area contributed by atoms with E-state index in [0.29, 0.717) is 5.92 Å². The number of hydrogen-bond acceptors (Lipinski definition) is 1. The lowest BCUT2D eigenvalue weighted by atomic mass is 9.62. The third-order valence-corrected chi connectivity index (χ3v) is 6.99. The molecule has 90 valence electrons. The Balaban J connectivity index is 1.70. The van der Waals surface area contributed by atoms with E-state index < -0.39 is 0 Å². The molecule has 4 fully saturated rings. The minimum absolute atomic E-state index is 0.205. The van der Waals surface area contributed by atoms with E-state index >= 15 is 0 Å². The Morgan fingerprint density at radius 2 is 1.69 bits per heavy atom. The molecule has 7 atom stereocenters. The van der Waals surface area contributed by atoms with Crippen LogP contribution in [0.1, 0.15) is 46.0 Å². The molecule has 4 aliphatic rings. The Hall–Kier alpha value is -0.0400. The minimum Gasteiger partial charge on any atom is -0.325 e. The molecule has 0 saturated heterocycles. The van der Waals surface area contributed by atoms with Gasteiger partial charge in [0, 0.05) is 5.54 Å². The summed E-state index contributed by atoms with van der Waals surface area (Å²) < 4.78 is 0. The van der Waals surface area contributed by atoms with Crippen LogP contribution in [0.4, 0.5) is 0 Å². The van der Waals surface area contributed by atoms with Gasteiger partial charge in [0.1, 0.15) is 0 Å². The molecule has 0 amide bonds. The van der Waals surface area contributed by atoms with Gasteiger partial charge in [-0.2, -0.15) is 0 Å². The van der Waals surface area contributed by atoms with E-state index in [-0.39, 0.29) is 5.54 Å². The highest BCUT2D eigenvalue weighted by Crippen LogP contribution is 2.70. The molecule has 4 aliphatic carbocycles. The lowest BCUT2D eigenvalue weighted by molar-refractivity contribution is 0.0616. The van der Waals surface area contributed by atoms with Gasteiger partial charge in [-0.15, -0.1) is 0 Å². The fourth-order valence-electron chi connectivity index (χ4n) is 6.38. The average molecular weight is 219 g/mol. The van der Waals surface area contributed by atoms with Crippen LogP contribution < -0.4 is 5.73 Å². The Morgan fingerprint density at radius 3 is 2.38 bits per heavy atom. The topological polar surface area (TPSA) is 26.0 Å². The van der Waals surface area contributed by atoms with E-state index in [1.807, 2.05) is 0 Å². The van der Waals surface area contributed by atoms with E-state index in [1.54, 1.807) is 12.8 Å². The van der Waals surface area contributed by atoms with Crippen molar-refractivity contribution in [3.05, 3.63) is 0 Å². The Labute approximate surface area is 99.2 Å². The van der Waals surface area contributed by atoms with Crippen molar-refractivity contribution < 1.29 is 0 Å². The van der Waals surface area contributed by atoms with Gasteiger partial charge in [0.25, 0.3) is 0 Å². The van der Waals surface area contributed by atoms with Gasteiger partial charge < -0.3 is 5.73 Å². The predicted molar refractivity (Wildman–Crippen MR) is 65.8 cm³/mol. The summed E-state index contributed by atoms with van der Waals surface area (Å²) in [6, 6.07) is 0. The summed E-state index contributed by atoms with van der Waals surface area (Å²) >= 11 is 0. The molecule has 5 unspecified atom stereocenters. The third kappa shape index (κ3) is 0.939. The molecule has 0 aromatic heterocycles. The van der Waals surface area contributed by atoms with Gasteiger partial charge in [0.15, 0.2) is 0 Å². The van der Waals surface area contributed by atoms with E-state index in [4.69, 9.17) is 5.73 Å². The van der Waals surface area contributed by atoms with Crippen LogP contribution >= 0.6 is 0 Å². The Kier molecular flexibility index (Phi) is 1.77. The van der Waals surface area contributed by atoms with Gasteiger partial charge >= 0.3 is 0 Å². The number of hydrogen-bond donors (Lipinski definition) is 1. The van der Waals surface area contributed by atoms with Gasteiger partial charge in [0.05, 0.1) is 0 Å². The smallest absolute Gasteiger partial charge is 0.0211 e. The van der Waals surface area contributed by atoms with Crippen LogP contribution in [-0.2, 0) is 0 Å². The number of rotatable bonds is 1. The minimum atomic E-state index is 0.205. The van der Waals surface area contributed by atoms with Crippen LogP contribution in [0.15, 0.2) is 0 Å². The molecule has 4 bridgehead atoms. The highest BCUT2D eigenvalue weighted by atomic mass is 14.9. The molecule has 2 N–H and O–H groups in total. The van der Waals surface area contributed by atoms with Crippen LogP contribution in [0.5, 0.6) is 0 Å². The van der Waals surface area contributed by atoms with E-state index in [1.165, 1.54) is 19.3 Å². The van der Waals surface area contributed by atoms with Crippen LogP contribution in [0.25, 0.3) is 0 Å². The largest absolute Gasteiger partial charge is 0.325 e. The molecule has 4 rings (SSSR count). The zero-order valence-corrected chi connectivity index (χ0v) is 10.7. The van der Waals surface area contributed by atoms with Gasteiger partial charge in [-0.25, -0.2) is 0 Å². The second kappa shape index (κ2) is 2.85. The lowest BCUT2D eigenvalue weighted by Gasteiger charge is -2.46. The van der Waals surface area contributed by atoms with Crippen molar-refractivity contribution in [3.63, 3.8) is 0 Å². The summed E-state index contributed by atoms with van der Waals surface area (Å²) in [6.45, 7) is 4.70. The monoisotopic (exact) mass is 219 g/mol. The zero-order chi connectivity index (χ0) is 11.1. The molecule has 0 spiro atoms. The fraction of sp³-hybridized carbons (Fsp3) is 1.00. The summed E-state index contributed by atoms with van der Waals surface area (Å²) in [7, 11) is 0. The Bertz CT molecular complexity index is 323. The lowest BCUT2D eigenvalue weighted by Crippen LogP contribution is -2.54. The normalized spacial score (nSPS) is 62.2. The first-order valence-corrected chi connectivity index (χ1v) is 7.40. The fourth-order valence-corrected chi connectivity index (χ4v) is 6.38. The maximum atomic E-state index is 6.77. The molecule has 1 heteroatoms. The van der Waals surface area contributed by atoms with Crippen molar-refractivity contribution in [3.8, 4) is 0 Å². The predicted octanol–water partition coefficient (Wildman–Crippen LogP) is 3.04. The van der Waals surface area contributed by atoms with E-state index in [0.717, 1.165) is 35.5 Å². The molecule has 16 heavy (non-hydrogen) atoms. The maximum absolute atomic E-state index is 6.77. The maximum Gasteiger partial charge on any atom is 0.0211 e. The molecule has 0 aliphatic heterocycles. The van der Waals surface area contributed by atoms with Crippen molar-refractivity contribution >= 4 is 0 Å². The summed E-state index contributed by atoms with van der Waals surface area (Å²) in [5, 5.41) is 0. The number of fused-ring (bicyclic) bond motifs is 9. The quantitative estimate of drug-likeness (QED) is 0.674. The van der Waals surface area contributed by atoms with Crippen LogP contribution in [0.2, 0.25) is 0 Å². The molecule has 0 aromatic carbocycles.